The number of carbonyl (C=O) groups is 3. The summed E-state index contributed by atoms with van der Waals surface area (Å²) in [5.41, 5.74) is 2.80. The Bertz CT molecular complexity index is 1020. The molecule has 1 N–H and O–H groups in total. The van der Waals surface area contributed by atoms with Crippen LogP contribution < -0.4 is 5.32 Å². The second kappa shape index (κ2) is 11.3. The van der Waals surface area contributed by atoms with Crippen LogP contribution in [0.5, 0.6) is 0 Å². The van der Waals surface area contributed by atoms with Gasteiger partial charge in [-0.25, -0.2) is 9.59 Å². The summed E-state index contributed by atoms with van der Waals surface area (Å²) in [5.74, 6) is -0.516. The lowest BCUT2D eigenvalue weighted by molar-refractivity contribution is -0.119. The van der Waals surface area contributed by atoms with Crippen molar-refractivity contribution in [2.75, 3.05) is 11.9 Å². The lowest BCUT2D eigenvalue weighted by atomic mass is 9.75. The van der Waals surface area contributed by atoms with E-state index in [1.165, 1.54) is 6.07 Å². The van der Waals surface area contributed by atoms with Gasteiger partial charge in [0.25, 0.3) is 5.91 Å². The lowest BCUT2D eigenvalue weighted by Crippen LogP contribution is -2.36. The highest BCUT2D eigenvalue weighted by Gasteiger charge is 2.34. The van der Waals surface area contributed by atoms with Gasteiger partial charge in [0.05, 0.1) is 11.1 Å². The number of hydrogen-bond acceptors (Lipinski definition) is 5. The summed E-state index contributed by atoms with van der Waals surface area (Å²) in [6.07, 6.45) is 2.79. The number of carbonyl (C=O) groups excluding carboxylic acids is 3. The number of ether oxygens (including phenoxy) is 2. The van der Waals surface area contributed by atoms with E-state index in [1.54, 1.807) is 18.2 Å². The van der Waals surface area contributed by atoms with Crippen LogP contribution in [-0.2, 0) is 14.3 Å². The number of benzene rings is 2. The van der Waals surface area contributed by atoms with E-state index in [-0.39, 0.29) is 17.2 Å². The SMILES string of the molecule is Cc1cccc(C)c1NC(=O)COC(=O)c1ccccc1C(=O)O[C@@H]1C[C@@H](C)CC[C@@H]1C(C)C. The van der Waals surface area contributed by atoms with Crippen molar-refractivity contribution in [3.8, 4) is 0 Å². The highest BCUT2D eigenvalue weighted by Crippen LogP contribution is 2.36. The first-order chi connectivity index (χ1) is 16.2. The normalized spacial score (nSPS) is 20.0. The highest BCUT2D eigenvalue weighted by atomic mass is 16.5. The molecule has 0 spiro atoms. The summed E-state index contributed by atoms with van der Waals surface area (Å²) >= 11 is 0. The molecule has 0 saturated heterocycles. The second-order valence-corrected chi connectivity index (χ2v) is 9.71. The molecule has 1 saturated carbocycles. The van der Waals surface area contributed by atoms with Gasteiger partial charge in [0.15, 0.2) is 6.61 Å². The number of hydrogen-bond donors (Lipinski definition) is 1. The summed E-state index contributed by atoms with van der Waals surface area (Å²) in [5, 5.41) is 2.79. The molecule has 2 aromatic carbocycles. The Hall–Kier alpha value is -3.15. The highest BCUT2D eigenvalue weighted by molar-refractivity contribution is 6.04. The Kier molecular flexibility index (Phi) is 8.48. The lowest BCUT2D eigenvalue weighted by Gasteiger charge is -2.36. The van der Waals surface area contributed by atoms with Crippen molar-refractivity contribution in [1.82, 2.24) is 0 Å². The summed E-state index contributed by atoms with van der Waals surface area (Å²) in [6, 6.07) is 12.1. The molecule has 34 heavy (non-hydrogen) atoms. The number of amides is 1. The van der Waals surface area contributed by atoms with E-state index in [0.29, 0.717) is 23.4 Å². The zero-order chi connectivity index (χ0) is 24.8. The molecule has 0 heterocycles. The van der Waals surface area contributed by atoms with Crippen LogP contribution in [0.3, 0.4) is 0 Å². The third-order valence-corrected chi connectivity index (χ3v) is 6.67. The quantitative estimate of drug-likeness (QED) is 0.529. The van der Waals surface area contributed by atoms with Gasteiger partial charge in [-0.05, 0) is 67.7 Å². The van der Waals surface area contributed by atoms with Gasteiger partial charge >= 0.3 is 11.9 Å². The number of rotatable bonds is 7. The Morgan fingerprint density at radius 3 is 2.18 bits per heavy atom. The minimum atomic E-state index is -0.735. The maximum Gasteiger partial charge on any atom is 0.339 e. The van der Waals surface area contributed by atoms with Crippen LogP contribution >= 0.6 is 0 Å². The molecule has 1 aliphatic carbocycles. The number of nitrogens with one attached hydrogen (secondary N) is 1. The fourth-order valence-electron chi connectivity index (χ4n) is 4.69. The van der Waals surface area contributed by atoms with Crippen molar-refractivity contribution in [2.45, 2.75) is 60.0 Å². The fraction of sp³-hybridized carbons (Fsp3) is 0.464. The van der Waals surface area contributed by atoms with Gasteiger partial charge in [-0.15, -0.1) is 0 Å². The van der Waals surface area contributed by atoms with Crippen molar-refractivity contribution in [3.05, 3.63) is 64.7 Å². The van der Waals surface area contributed by atoms with Crippen molar-refractivity contribution >= 4 is 23.5 Å². The maximum atomic E-state index is 13.1. The smallest absolute Gasteiger partial charge is 0.339 e. The van der Waals surface area contributed by atoms with Crippen molar-refractivity contribution in [3.63, 3.8) is 0 Å². The van der Waals surface area contributed by atoms with Gasteiger partial charge in [-0.1, -0.05) is 57.5 Å². The molecule has 2 aromatic rings. The molecule has 0 bridgehead atoms. The topological polar surface area (TPSA) is 81.7 Å². The van der Waals surface area contributed by atoms with Crippen molar-refractivity contribution in [1.29, 1.82) is 0 Å². The Morgan fingerprint density at radius 1 is 0.941 bits per heavy atom. The molecule has 6 nitrogen and oxygen atoms in total. The van der Waals surface area contributed by atoms with E-state index in [2.05, 4.69) is 26.1 Å². The summed E-state index contributed by atoms with van der Waals surface area (Å²) in [7, 11) is 0. The third kappa shape index (κ3) is 6.25. The van der Waals surface area contributed by atoms with E-state index in [9.17, 15) is 14.4 Å². The van der Waals surface area contributed by atoms with Crippen LogP contribution in [0.4, 0.5) is 5.69 Å². The van der Waals surface area contributed by atoms with Crippen LogP contribution in [-0.4, -0.2) is 30.6 Å². The van der Waals surface area contributed by atoms with E-state index < -0.39 is 24.5 Å². The molecule has 6 heteroatoms. The summed E-state index contributed by atoms with van der Waals surface area (Å²) in [4.78, 5) is 38.2. The number of aryl methyl sites for hydroxylation is 2. The zero-order valence-corrected chi connectivity index (χ0v) is 20.7. The van der Waals surface area contributed by atoms with E-state index >= 15 is 0 Å². The minimum Gasteiger partial charge on any atom is -0.458 e. The van der Waals surface area contributed by atoms with Crippen LogP contribution in [0.1, 0.15) is 71.9 Å². The minimum absolute atomic E-state index is 0.0947. The molecule has 0 aliphatic heterocycles. The first kappa shape index (κ1) is 25.5. The first-order valence-electron chi connectivity index (χ1n) is 12.0. The number of esters is 2. The van der Waals surface area contributed by atoms with Gasteiger partial charge in [-0.3, -0.25) is 4.79 Å². The monoisotopic (exact) mass is 465 g/mol. The fourth-order valence-corrected chi connectivity index (χ4v) is 4.69. The number of para-hydroxylation sites is 1. The van der Waals surface area contributed by atoms with Crippen LogP contribution in [0.25, 0.3) is 0 Å². The van der Waals surface area contributed by atoms with Crippen LogP contribution in [0.2, 0.25) is 0 Å². The molecule has 1 fully saturated rings. The van der Waals surface area contributed by atoms with Gasteiger partial charge in [0.1, 0.15) is 6.10 Å². The van der Waals surface area contributed by atoms with Crippen molar-refractivity contribution < 1.29 is 23.9 Å². The van der Waals surface area contributed by atoms with Gasteiger partial charge in [0.2, 0.25) is 0 Å². The molecule has 0 unspecified atom stereocenters. The largest absolute Gasteiger partial charge is 0.458 e. The van der Waals surface area contributed by atoms with Crippen LogP contribution in [0.15, 0.2) is 42.5 Å². The molecule has 1 amide bonds. The predicted molar refractivity (Wildman–Crippen MR) is 132 cm³/mol. The van der Waals surface area contributed by atoms with Gasteiger partial charge in [-0.2, -0.15) is 0 Å². The molecule has 182 valence electrons. The van der Waals surface area contributed by atoms with Gasteiger partial charge in [0, 0.05) is 5.69 Å². The maximum absolute atomic E-state index is 13.1. The van der Waals surface area contributed by atoms with E-state index in [1.807, 2.05) is 32.0 Å². The Morgan fingerprint density at radius 2 is 1.56 bits per heavy atom. The summed E-state index contributed by atoms with van der Waals surface area (Å²) < 4.78 is 11.2. The van der Waals surface area contributed by atoms with Crippen LogP contribution in [0, 0.1) is 31.6 Å². The standard InChI is InChI=1S/C28H35NO5/c1-17(2)21-14-13-18(3)15-24(21)34-28(32)23-12-7-6-11-22(23)27(31)33-16-25(30)29-26-19(4)9-8-10-20(26)5/h6-12,17-18,21,24H,13-16H2,1-5H3,(H,29,30)/t18-,21+,24+/m0/s1. The zero-order valence-electron chi connectivity index (χ0n) is 20.7. The third-order valence-electron chi connectivity index (χ3n) is 6.67. The predicted octanol–water partition coefficient (Wildman–Crippen LogP) is 5.72. The van der Waals surface area contributed by atoms with Crippen molar-refractivity contribution in [2.24, 2.45) is 17.8 Å². The molecule has 3 atom stereocenters. The molecular weight excluding hydrogens is 430 g/mol. The Labute approximate surface area is 202 Å². The Balaban J connectivity index is 1.66. The van der Waals surface area contributed by atoms with Gasteiger partial charge < -0.3 is 14.8 Å². The average Bonchev–Trinajstić information content (AvgIpc) is 2.79. The average molecular weight is 466 g/mol. The first-order valence-corrected chi connectivity index (χ1v) is 12.0. The molecule has 1 aliphatic rings. The summed E-state index contributed by atoms with van der Waals surface area (Å²) in [6.45, 7) is 9.81. The number of anilines is 1. The molecular formula is C28H35NO5. The second-order valence-electron chi connectivity index (χ2n) is 9.71. The van der Waals surface area contributed by atoms with E-state index in [4.69, 9.17) is 9.47 Å². The molecule has 3 rings (SSSR count). The molecule has 0 radical (unpaired) electrons. The van der Waals surface area contributed by atoms with E-state index in [0.717, 1.165) is 30.4 Å². The molecule has 0 aromatic heterocycles.